The van der Waals surface area contributed by atoms with E-state index in [9.17, 15) is 9.59 Å². The predicted molar refractivity (Wildman–Crippen MR) is 81.7 cm³/mol. The minimum absolute atomic E-state index is 0.0498. The zero-order chi connectivity index (χ0) is 14.9. The van der Waals surface area contributed by atoms with E-state index < -0.39 is 5.54 Å². The Morgan fingerprint density at radius 1 is 1.00 bits per heavy atom. The first-order chi connectivity index (χ1) is 10.1. The summed E-state index contributed by atoms with van der Waals surface area (Å²) in [4.78, 5) is 27.2. The molecule has 3 fully saturated rings. The normalized spacial score (nSPS) is 33.7. The Labute approximate surface area is 127 Å². The standard InChI is InChI=1S/C17H28N2O2/c1-13-6-5-7-14(9-8-13)19-12-15(20)18-17(16(19)21)10-3-2-4-11-17/h13-14H,2-12H2,1H3,(H,18,20). The maximum Gasteiger partial charge on any atom is 0.249 e. The van der Waals surface area contributed by atoms with E-state index in [1.807, 2.05) is 4.90 Å². The third-order valence-electron chi connectivity index (χ3n) is 5.74. The molecule has 1 spiro atoms. The van der Waals surface area contributed by atoms with Gasteiger partial charge in [0.2, 0.25) is 11.8 Å². The van der Waals surface area contributed by atoms with Gasteiger partial charge in [-0.2, -0.15) is 0 Å². The number of piperazine rings is 1. The van der Waals surface area contributed by atoms with Crippen LogP contribution < -0.4 is 5.32 Å². The third kappa shape index (κ3) is 2.95. The molecule has 2 amide bonds. The van der Waals surface area contributed by atoms with Gasteiger partial charge in [0.05, 0.1) is 6.54 Å². The van der Waals surface area contributed by atoms with Crippen LogP contribution in [0.25, 0.3) is 0 Å². The van der Waals surface area contributed by atoms with Gasteiger partial charge < -0.3 is 10.2 Å². The largest absolute Gasteiger partial charge is 0.340 e. The summed E-state index contributed by atoms with van der Waals surface area (Å²) >= 11 is 0. The van der Waals surface area contributed by atoms with E-state index in [1.165, 1.54) is 25.7 Å². The highest BCUT2D eigenvalue weighted by atomic mass is 16.2. The van der Waals surface area contributed by atoms with Crippen LogP contribution in [0.15, 0.2) is 0 Å². The molecule has 0 radical (unpaired) electrons. The van der Waals surface area contributed by atoms with Crippen LogP contribution in [0.3, 0.4) is 0 Å². The minimum Gasteiger partial charge on any atom is -0.340 e. The van der Waals surface area contributed by atoms with Gasteiger partial charge in [0, 0.05) is 6.04 Å². The molecule has 1 N–H and O–H groups in total. The summed E-state index contributed by atoms with van der Waals surface area (Å²) in [7, 11) is 0. The molecular formula is C17H28N2O2. The molecule has 2 atom stereocenters. The average Bonchev–Trinajstić information content (AvgIpc) is 2.69. The second-order valence-corrected chi connectivity index (χ2v) is 7.39. The van der Waals surface area contributed by atoms with Crippen molar-refractivity contribution in [1.29, 1.82) is 0 Å². The molecule has 1 aliphatic heterocycles. The van der Waals surface area contributed by atoms with Crippen molar-refractivity contribution < 1.29 is 9.59 Å². The monoisotopic (exact) mass is 292 g/mol. The van der Waals surface area contributed by atoms with Crippen LogP contribution >= 0.6 is 0 Å². The molecule has 2 aliphatic carbocycles. The zero-order valence-electron chi connectivity index (χ0n) is 13.2. The predicted octanol–water partition coefficient (Wildman–Crippen LogP) is 2.62. The van der Waals surface area contributed by atoms with E-state index in [4.69, 9.17) is 0 Å². The molecule has 3 aliphatic rings. The molecule has 2 unspecified atom stereocenters. The van der Waals surface area contributed by atoms with Crippen LogP contribution in [0.4, 0.5) is 0 Å². The fraction of sp³-hybridized carbons (Fsp3) is 0.882. The molecule has 0 aromatic rings. The summed E-state index contributed by atoms with van der Waals surface area (Å²) in [6.45, 7) is 2.58. The lowest BCUT2D eigenvalue weighted by Gasteiger charge is -2.46. The Hall–Kier alpha value is -1.06. The van der Waals surface area contributed by atoms with Crippen LogP contribution in [0.5, 0.6) is 0 Å². The molecule has 0 bridgehead atoms. The number of rotatable bonds is 1. The highest BCUT2D eigenvalue weighted by Crippen LogP contribution is 2.35. The number of carbonyl (C=O) groups is 2. The van der Waals surface area contributed by atoms with Gasteiger partial charge in [0.1, 0.15) is 5.54 Å². The first kappa shape index (κ1) is 14.9. The fourth-order valence-corrected chi connectivity index (χ4v) is 4.43. The second kappa shape index (κ2) is 5.98. The topological polar surface area (TPSA) is 49.4 Å². The summed E-state index contributed by atoms with van der Waals surface area (Å²) in [5.41, 5.74) is -0.564. The molecule has 0 aromatic carbocycles. The smallest absolute Gasteiger partial charge is 0.249 e. The maximum absolute atomic E-state index is 13.1. The van der Waals surface area contributed by atoms with Crippen molar-refractivity contribution >= 4 is 11.8 Å². The lowest BCUT2D eigenvalue weighted by Crippen LogP contribution is -2.68. The van der Waals surface area contributed by atoms with E-state index in [0.717, 1.165) is 44.4 Å². The number of hydrogen-bond donors (Lipinski definition) is 1. The number of carbonyl (C=O) groups excluding carboxylic acids is 2. The molecule has 1 heterocycles. The molecule has 118 valence electrons. The first-order valence-electron chi connectivity index (χ1n) is 8.73. The molecule has 2 saturated carbocycles. The highest BCUT2D eigenvalue weighted by molar-refractivity contribution is 5.98. The summed E-state index contributed by atoms with van der Waals surface area (Å²) in [5, 5.41) is 3.04. The van der Waals surface area contributed by atoms with Gasteiger partial charge >= 0.3 is 0 Å². The van der Waals surface area contributed by atoms with Gasteiger partial charge in [-0.15, -0.1) is 0 Å². The van der Waals surface area contributed by atoms with E-state index in [-0.39, 0.29) is 24.4 Å². The quantitative estimate of drug-likeness (QED) is 0.755. The minimum atomic E-state index is -0.564. The number of hydrogen-bond acceptors (Lipinski definition) is 2. The van der Waals surface area contributed by atoms with Crippen LogP contribution in [0, 0.1) is 5.92 Å². The SMILES string of the molecule is CC1CCCC(N2CC(=O)NC3(CCCCC3)C2=O)CC1. The highest BCUT2D eigenvalue weighted by Gasteiger charge is 2.48. The fourth-order valence-electron chi connectivity index (χ4n) is 4.43. The molecule has 1 saturated heterocycles. The summed E-state index contributed by atoms with van der Waals surface area (Å²) in [6, 6.07) is 0.285. The average molecular weight is 292 g/mol. The van der Waals surface area contributed by atoms with Gasteiger partial charge in [0.15, 0.2) is 0 Å². The lowest BCUT2D eigenvalue weighted by atomic mass is 9.78. The molecule has 3 rings (SSSR count). The van der Waals surface area contributed by atoms with Gasteiger partial charge in [-0.3, -0.25) is 9.59 Å². The Balaban J connectivity index is 1.77. The molecule has 0 aromatic heterocycles. The van der Waals surface area contributed by atoms with Gasteiger partial charge in [-0.05, 0) is 38.0 Å². The Morgan fingerprint density at radius 2 is 1.76 bits per heavy atom. The number of nitrogens with one attached hydrogen (secondary N) is 1. The van der Waals surface area contributed by atoms with Crippen LogP contribution in [0.2, 0.25) is 0 Å². The van der Waals surface area contributed by atoms with Crippen molar-refractivity contribution in [3.8, 4) is 0 Å². The Morgan fingerprint density at radius 3 is 2.52 bits per heavy atom. The van der Waals surface area contributed by atoms with Crippen molar-refractivity contribution in [3.63, 3.8) is 0 Å². The third-order valence-corrected chi connectivity index (χ3v) is 5.74. The molecule has 4 nitrogen and oxygen atoms in total. The maximum atomic E-state index is 13.1. The Kier molecular flexibility index (Phi) is 4.23. The number of nitrogens with zero attached hydrogens (tertiary/aromatic N) is 1. The lowest BCUT2D eigenvalue weighted by molar-refractivity contribution is -0.154. The van der Waals surface area contributed by atoms with Crippen molar-refractivity contribution in [1.82, 2.24) is 10.2 Å². The van der Waals surface area contributed by atoms with E-state index >= 15 is 0 Å². The summed E-state index contributed by atoms with van der Waals surface area (Å²) in [6.07, 6.45) is 10.7. The first-order valence-corrected chi connectivity index (χ1v) is 8.73. The molecule has 4 heteroatoms. The van der Waals surface area contributed by atoms with E-state index in [1.54, 1.807) is 0 Å². The van der Waals surface area contributed by atoms with Gasteiger partial charge in [0.25, 0.3) is 0 Å². The van der Waals surface area contributed by atoms with Crippen LogP contribution in [0.1, 0.15) is 71.1 Å². The van der Waals surface area contributed by atoms with Crippen LogP contribution in [-0.2, 0) is 9.59 Å². The van der Waals surface area contributed by atoms with E-state index in [2.05, 4.69) is 12.2 Å². The van der Waals surface area contributed by atoms with Crippen molar-refractivity contribution in [2.45, 2.75) is 82.7 Å². The van der Waals surface area contributed by atoms with Crippen molar-refractivity contribution in [2.24, 2.45) is 5.92 Å². The second-order valence-electron chi connectivity index (χ2n) is 7.39. The van der Waals surface area contributed by atoms with Gasteiger partial charge in [-0.25, -0.2) is 0 Å². The Bertz CT molecular complexity index is 415. The molecule has 21 heavy (non-hydrogen) atoms. The summed E-state index contributed by atoms with van der Waals surface area (Å²) in [5.74, 6) is 1.02. The number of amides is 2. The van der Waals surface area contributed by atoms with Crippen LogP contribution in [-0.4, -0.2) is 34.8 Å². The van der Waals surface area contributed by atoms with E-state index in [0.29, 0.717) is 0 Å². The van der Waals surface area contributed by atoms with Gasteiger partial charge in [-0.1, -0.05) is 39.0 Å². The van der Waals surface area contributed by atoms with Crippen molar-refractivity contribution in [2.75, 3.05) is 6.54 Å². The van der Waals surface area contributed by atoms with Crippen molar-refractivity contribution in [3.05, 3.63) is 0 Å². The molecular weight excluding hydrogens is 264 g/mol. The zero-order valence-corrected chi connectivity index (χ0v) is 13.2. The summed E-state index contributed by atoms with van der Waals surface area (Å²) < 4.78 is 0.